The van der Waals surface area contributed by atoms with Crippen LogP contribution in [0.2, 0.25) is 5.02 Å². The van der Waals surface area contributed by atoms with Crippen molar-refractivity contribution in [3.8, 4) is 16.9 Å². The summed E-state index contributed by atoms with van der Waals surface area (Å²) in [6.45, 7) is 4.70. The van der Waals surface area contributed by atoms with Gasteiger partial charge in [0.2, 0.25) is 0 Å². The van der Waals surface area contributed by atoms with Crippen molar-refractivity contribution in [2.75, 3.05) is 20.3 Å². The molecule has 3 aromatic rings. The number of carbonyl (C=O) groups is 2. The Morgan fingerprint density at radius 2 is 1.94 bits per heavy atom. The average molecular weight is 467 g/mol. The Morgan fingerprint density at radius 1 is 1.15 bits per heavy atom. The van der Waals surface area contributed by atoms with Crippen LogP contribution in [0.5, 0.6) is 5.75 Å². The lowest BCUT2D eigenvalue weighted by Gasteiger charge is -2.17. The van der Waals surface area contributed by atoms with Crippen LogP contribution in [-0.2, 0) is 28.9 Å². The number of hydrogen-bond acceptors (Lipinski definition) is 4. The van der Waals surface area contributed by atoms with Crippen molar-refractivity contribution in [2.24, 2.45) is 0 Å². The van der Waals surface area contributed by atoms with Crippen LogP contribution >= 0.6 is 11.6 Å². The molecule has 1 amide bonds. The first-order valence-corrected chi connectivity index (χ1v) is 11.4. The molecule has 2 aromatic carbocycles. The van der Waals surface area contributed by atoms with Crippen molar-refractivity contribution < 1.29 is 19.1 Å². The molecular weight excluding hydrogens is 440 g/mol. The zero-order chi connectivity index (χ0) is 23.5. The third kappa shape index (κ3) is 4.35. The smallest absolute Gasteiger partial charge is 0.325 e. The molecule has 0 radical (unpaired) electrons. The molecule has 4 rings (SSSR count). The number of nitrogens with one attached hydrogen (secondary N) is 1. The van der Waals surface area contributed by atoms with Gasteiger partial charge in [-0.25, -0.2) is 0 Å². The van der Waals surface area contributed by atoms with Gasteiger partial charge in [-0.3, -0.25) is 9.59 Å². The van der Waals surface area contributed by atoms with Crippen LogP contribution in [0.15, 0.2) is 42.5 Å². The van der Waals surface area contributed by atoms with Gasteiger partial charge < -0.3 is 19.4 Å². The van der Waals surface area contributed by atoms with Gasteiger partial charge in [-0.2, -0.15) is 0 Å². The number of nitrogens with zero attached hydrogens (tertiary/aromatic N) is 1. The van der Waals surface area contributed by atoms with Crippen LogP contribution in [0.4, 0.5) is 0 Å². The van der Waals surface area contributed by atoms with Gasteiger partial charge in [0.1, 0.15) is 12.3 Å². The first-order chi connectivity index (χ1) is 16.0. The van der Waals surface area contributed by atoms with Gasteiger partial charge >= 0.3 is 5.97 Å². The largest absolute Gasteiger partial charge is 0.496 e. The Hall–Kier alpha value is -3.25. The number of fused-ring (bicyclic) bond motifs is 1. The Balaban J connectivity index is 1.83. The summed E-state index contributed by atoms with van der Waals surface area (Å²) in [5.74, 6) is 0.272. The summed E-state index contributed by atoms with van der Waals surface area (Å²) in [7, 11) is 1.62. The molecule has 6 nitrogen and oxygen atoms in total. The zero-order valence-corrected chi connectivity index (χ0v) is 19.8. The highest BCUT2D eigenvalue weighted by atomic mass is 35.5. The van der Waals surface area contributed by atoms with Crippen LogP contribution in [-0.4, -0.2) is 36.7 Å². The van der Waals surface area contributed by atoms with Crippen molar-refractivity contribution in [2.45, 2.75) is 33.2 Å². The molecule has 0 bridgehead atoms. The number of aromatic nitrogens is 1. The molecule has 172 valence electrons. The van der Waals surface area contributed by atoms with Gasteiger partial charge in [0.15, 0.2) is 0 Å². The van der Waals surface area contributed by atoms with E-state index in [0.29, 0.717) is 42.3 Å². The number of ether oxygens (including phenoxy) is 2. The van der Waals surface area contributed by atoms with Gasteiger partial charge in [0.05, 0.1) is 24.3 Å². The molecule has 7 heteroatoms. The van der Waals surface area contributed by atoms with Crippen molar-refractivity contribution in [3.05, 3.63) is 75.6 Å². The second kappa shape index (κ2) is 9.71. The lowest BCUT2D eigenvalue weighted by molar-refractivity contribution is -0.143. The number of carbonyl (C=O) groups excluding carboxylic acids is 2. The van der Waals surface area contributed by atoms with Crippen LogP contribution in [0.3, 0.4) is 0 Å². The number of benzene rings is 2. The summed E-state index contributed by atoms with van der Waals surface area (Å²) in [5.41, 5.74) is 6.12. The fraction of sp³-hybridized carbons (Fsp3) is 0.308. The number of amides is 1. The summed E-state index contributed by atoms with van der Waals surface area (Å²) in [6, 6.07) is 13.6. The normalized spacial score (nSPS) is 12.8. The first kappa shape index (κ1) is 22.9. The maximum absolute atomic E-state index is 12.9. The van der Waals surface area contributed by atoms with E-state index < -0.39 is 0 Å². The van der Waals surface area contributed by atoms with E-state index >= 15 is 0 Å². The third-order valence-electron chi connectivity index (χ3n) is 6.07. The molecule has 1 N–H and O–H groups in total. The summed E-state index contributed by atoms with van der Waals surface area (Å²) < 4.78 is 12.7. The topological polar surface area (TPSA) is 69.6 Å². The maximum atomic E-state index is 12.9. The predicted molar refractivity (Wildman–Crippen MR) is 128 cm³/mol. The lowest BCUT2D eigenvalue weighted by atomic mass is 9.92. The van der Waals surface area contributed by atoms with Gasteiger partial charge in [-0.15, -0.1) is 0 Å². The number of rotatable bonds is 7. The Morgan fingerprint density at radius 3 is 2.70 bits per heavy atom. The Kier molecular flexibility index (Phi) is 6.75. The summed E-state index contributed by atoms with van der Waals surface area (Å²) in [5, 5.41) is 3.54. The molecule has 0 saturated carbocycles. The second-order valence-electron chi connectivity index (χ2n) is 7.93. The van der Waals surface area contributed by atoms with Crippen LogP contribution in [0.25, 0.3) is 11.1 Å². The average Bonchev–Trinajstić information content (AvgIpc) is 3.06. The summed E-state index contributed by atoms with van der Waals surface area (Å²) >= 11 is 6.58. The fourth-order valence-corrected chi connectivity index (χ4v) is 4.84. The number of methoxy groups -OCH3 is 1. The SMILES string of the molecule is CCOC(=O)Cn1c(C)c(Cc2ccccc2-c2c(Cl)cccc2OC)c2c1CCNC2=O. The van der Waals surface area contributed by atoms with Gasteiger partial charge in [-0.05, 0) is 42.7 Å². The van der Waals surface area contributed by atoms with E-state index in [-0.39, 0.29) is 18.4 Å². The van der Waals surface area contributed by atoms with Crippen molar-refractivity contribution >= 4 is 23.5 Å². The van der Waals surface area contributed by atoms with E-state index in [4.69, 9.17) is 21.1 Å². The molecule has 1 aliphatic heterocycles. The van der Waals surface area contributed by atoms with Gasteiger partial charge in [0.25, 0.3) is 5.91 Å². The molecule has 1 aromatic heterocycles. The Bertz CT molecular complexity index is 1220. The van der Waals surface area contributed by atoms with Crippen molar-refractivity contribution in [1.82, 2.24) is 9.88 Å². The number of esters is 1. The standard InChI is InChI=1S/C26H27ClN2O4/c1-4-33-23(30)15-29-16(2)19(25-21(29)12-13-28-26(25)31)14-17-8-5-6-9-18(17)24-20(27)10-7-11-22(24)32-3/h5-11H,4,12-15H2,1-3H3,(H,28,31). The van der Waals surface area contributed by atoms with Gasteiger partial charge in [0, 0.05) is 36.3 Å². The van der Waals surface area contributed by atoms with E-state index in [2.05, 4.69) is 5.32 Å². The molecule has 0 fully saturated rings. The van der Waals surface area contributed by atoms with Crippen molar-refractivity contribution in [3.63, 3.8) is 0 Å². The first-order valence-electron chi connectivity index (χ1n) is 11.0. The molecule has 0 aliphatic carbocycles. The highest BCUT2D eigenvalue weighted by Crippen LogP contribution is 2.39. The van der Waals surface area contributed by atoms with E-state index in [1.807, 2.05) is 54.0 Å². The lowest BCUT2D eigenvalue weighted by Crippen LogP contribution is -2.33. The highest BCUT2D eigenvalue weighted by Gasteiger charge is 2.29. The highest BCUT2D eigenvalue weighted by molar-refractivity contribution is 6.33. The van der Waals surface area contributed by atoms with Crippen LogP contribution in [0.1, 0.15) is 39.8 Å². The third-order valence-corrected chi connectivity index (χ3v) is 6.39. The fourth-order valence-electron chi connectivity index (χ4n) is 4.58. The molecule has 33 heavy (non-hydrogen) atoms. The van der Waals surface area contributed by atoms with Crippen LogP contribution in [0, 0.1) is 6.92 Å². The number of hydrogen-bond donors (Lipinski definition) is 1. The molecule has 0 spiro atoms. The molecular formula is C26H27ClN2O4. The second-order valence-corrected chi connectivity index (χ2v) is 8.34. The summed E-state index contributed by atoms with van der Waals surface area (Å²) in [6.07, 6.45) is 1.18. The molecule has 2 heterocycles. The molecule has 0 unspecified atom stereocenters. The van der Waals surface area contributed by atoms with E-state index in [0.717, 1.165) is 33.6 Å². The van der Waals surface area contributed by atoms with E-state index in [9.17, 15) is 9.59 Å². The minimum absolute atomic E-state index is 0.0925. The van der Waals surface area contributed by atoms with Gasteiger partial charge in [-0.1, -0.05) is 41.9 Å². The minimum atomic E-state index is -0.308. The Labute approximate surface area is 198 Å². The van der Waals surface area contributed by atoms with Crippen LogP contribution < -0.4 is 10.1 Å². The monoisotopic (exact) mass is 466 g/mol. The van der Waals surface area contributed by atoms with E-state index in [1.54, 1.807) is 14.0 Å². The summed E-state index contributed by atoms with van der Waals surface area (Å²) in [4.78, 5) is 25.2. The predicted octanol–water partition coefficient (Wildman–Crippen LogP) is 4.57. The van der Waals surface area contributed by atoms with E-state index in [1.165, 1.54) is 0 Å². The minimum Gasteiger partial charge on any atom is -0.496 e. The number of halogens is 1. The van der Waals surface area contributed by atoms with Crippen molar-refractivity contribution in [1.29, 1.82) is 0 Å². The quantitative estimate of drug-likeness (QED) is 0.518. The zero-order valence-electron chi connectivity index (χ0n) is 19.0. The molecule has 0 atom stereocenters. The molecule has 0 saturated heterocycles. The molecule has 1 aliphatic rings. The maximum Gasteiger partial charge on any atom is 0.325 e.